The second-order valence-electron chi connectivity index (χ2n) is 5.42. The molecule has 0 spiro atoms. The first-order chi connectivity index (χ1) is 11.4. The molecule has 0 unspecified atom stereocenters. The van der Waals surface area contributed by atoms with Crippen molar-refractivity contribution in [1.29, 1.82) is 0 Å². The maximum absolute atomic E-state index is 12.0. The molecule has 24 heavy (non-hydrogen) atoms. The van der Waals surface area contributed by atoms with Crippen LogP contribution in [0.25, 0.3) is 0 Å². The molecule has 1 amide bonds. The Morgan fingerprint density at radius 2 is 1.71 bits per heavy atom. The third-order valence-corrected chi connectivity index (χ3v) is 4.66. The molecule has 0 saturated heterocycles. The molecule has 2 aromatic rings. The molecule has 4 nitrogen and oxygen atoms in total. The van der Waals surface area contributed by atoms with Crippen LogP contribution < -0.4 is 5.32 Å². The summed E-state index contributed by atoms with van der Waals surface area (Å²) < 4.78 is 6.57. The Morgan fingerprint density at radius 3 is 2.33 bits per heavy atom. The third-order valence-electron chi connectivity index (χ3n) is 3.41. The van der Waals surface area contributed by atoms with E-state index in [0.717, 1.165) is 25.6 Å². The maximum atomic E-state index is 12.0. The second-order valence-corrected chi connectivity index (χ2v) is 7.12. The summed E-state index contributed by atoms with van der Waals surface area (Å²) in [4.78, 5) is 23.9. The Labute approximate surface area is 157 Å². The topological polar surface area (TPSA) is 55.4 Å². The van der Waals surface area contributed by atoms with Crippen molar-refractivity contribution in [2.45, 2.75) is 20.3 Å². The minimum absolute atomic E-state index is 0.151. The van der Waals surface area contributed by atoms with Gasteiger partial charge >= 0.3 is 5.97 Å². The highest BCUT2D eigenvalue weighted by molar-refractivity contribution is 9.11. The number of esters is 1. The Balaban J connectivity index is 1.90. The van der Waals surface area contributed by atoms with Crippen LogP contribution in [0.5, 0.6) is 0 Å². The normalized spacial score (nSPS) is 10.3. The molecule has 0 atom stereocenters. The first-order valence-corrected chi connectivity index (χ1v) is 8.91. The lowest BCUT2D eigenvalue weighted by molar-refractivity contribution is -0.146. The number of rotatable bonds is 5. The van der Waals surface area contributed by atoms with Gasteiger partial charge in [0.15, 0.2) is 6.61 Å². The number of carbonyl (C=O) groups is 2. The van der Waals surface area contributed by atoms with Crippen LogP contribution in [0.15, 0.2) is 45.3 Å². The molecule has 126 valence electrons. The Hall–Kier alpha value is -1.66. The van der Waals surface area contributed by atoms with Crippen LogP contribution in [0.3, 0.4) is 0 Å². The molecule has 2 aromatic carbocycles. The smallest absolute Gasteiger partial charge is 0.310 e. The van der Waals surface area contributed by atoms with Gasteiger partial charge in [-0.05, 0) is 74.5 Å². The van der Waals surface area contributed by atoms with E-state index < -0.39 is 11.9 Å². The summed E-state index contributed by atoms with van der Waals surface area (Å²) in [6, 6.07) is 11.4. The van der Waals surface area contributed by atoms with E-state index in [-0.39, 0.29) is 13.0 Å². The van der Waals surface area contributed by atoms with Gasteiger partial charge < -0.3 is 10.1 Å². The summed E-state index contributed by atoms with van der Waals surface area (Å²) in [6.45, 7) is 3.56. The van der Waals surface area contributed by atoms with Crippen molar-refractivity contribution in [1.82, 2.24) is 0 Å². The number of ether oxygens (including phenoxy) is 1. The van der Waals surface area contributed by atoms with E-state index >= 15 is 0 Å². The van der Waals surface area contributed by atoms with Gasteiger partial charge in [-0.3, -0.25) is 9.59 Å². The van der Waals surface area contributed by atoms with Crippen molar-refractivity contribution in [2.24, 2.45) is 0 Å². The molecule has 0 saturated carbocycles. The Bertz CT molecular complexity index is 752. The predicted octanol–water partition coefficient (Wildman–Crippen LogP) is 4.55. The van der Waals surface area contributed by atoms with E-state index in [1.54, 1.807) is 0 Å². The lowest BCUT2D eigenvalue weighted by Gasteiger charge is -2.11. The predicted molar refractivity (Wildman–Crippen MR) is 101 cm³/mol. The van der Waals surface area contributed by atoms with Crippen molar-refractivity contribution in [3.05, 3.63) is 62.0 Å². The average Bonchev–Trinajstić information content (AvgIpc) is 2.51. The van der Waals surface area contributed by atoms with Gasteiger partial charge in [0.25, 0.3) is 5.91 Å². The Morgan fingerprint density at radius 1 is 1.08 bits per heavy atom. The van der Waals surface area contributed by atoms with Crippen LogP contribution in [0.4, 0.5) is 5.69 Å². The number of halogens is 2. The molecule has 0 aromatic heterocycles. The summed E-state index contributed by atoms with van der Waals surface area (Å²) >= 11 is 6.81. The molecule has 6 heteroatoms. The largest absolute Gasteiger partial charge is 0.455 e. The lowest BCUT2D eigenvalue weighted by atomic mass is 10.1. The minimum atomic E-state index is -0.429. The summed E-state index contributed by atoms with van der Waals surface area (Å²) in [5, 5.41) is 2.73. The van der Waals surface area contributed by atoms with E-state index in [9.17, 15) is 9.59 Å². The molecule has 0 aliphatic heterocycles. The highest BCUT2D eigenvalue weighted by Gasteiger charge is 2.13. The van der Waals surface area contributed by atoms with Gasteiger partial charge in [-0.2, -0.15) is 0 Å². The third kappa shape index (κ3) is 5.18. The quantitative estimate of drug-likeness (QED) is 0.674. The molecular weight excluding hydrogens is 438 g/mol. The number of anilines is 1. The van der Waals surface area contributed by atoms with Crippen LogP contribution in [-0.4, -0.2) is 18.5 Å². The highest BCUT2D eigenvalue weighted by Crippen LogP contribution is 2.32. The molecule has 0 heterocycles. The van der Waals surface area contributed by atoms with E-state index in [1.165, 1.54) is 0 Å². The number of carbonyl (C=O) groups excluding carboxylic acids is 2. The van der Waals surface area contributed by atoms with Gasteiger partial charge in [-0.25, -0.2) is 0 Å². The summed E-state index contributed by atoms with van der Waals surface area (Å²) in [6.07, 6.45) is 0.151. The number of nitrogens with one attached hydrogen (secondary N) is 1. The fourth-order valence-electron chi connectivity index (χ4n) is 2.16. The molecule has 0 radical (unpaired) electrons. The second kappa shape index (κ2) is 8.44. The van der Waals surface area contributed by atoms with Crippen molar-refractivity contribution in [3.63, 3.8) is 0 Å². The van der Waals surface area contributed by atoms with Crippen molar-refractivity contribution >= 4 is 49.4 Å². The zero-order valence-electron chi connectivity index (χ0n) is 13.4. The standard InChI is InChI=1S/C18H17Br2NO3/c1-11-7-14(19)18(15(20)8-11)21-16(22)10-24-17(23)9-13-6-4-3-5-12(13)2/h3-8H,9-10H2,1-2H3,(H,21,22). The van der Waals surface area contributed by atoms with Crippen molar-refractivity contribution in [3.8, 4) is 0 Å². The van der Waals surface area contributed by atoms with E-state index in [1.807, 2.05) is 50.2 Å². The van der Waals surface area contributed by atoms with Crippen LogP contribution in [0, 0.1) is 13.8 Å². The number of benzene rings is 2. The number of aryl methyl sites for hydroxylation is 2. The highest BCUT2D eigenvalue weighted by atomic mass is 79.9. The van der Waals surface area contributed by atoms with Crippen molar-refractivity contribution < 1.29 is 14.3 Å². The molecule has 0 aliphatic rings. The van der Waals surface area contributed by atoms with Crippen molar-refractivity contribution in [2.75, 3.05) is 11.9 Å². The SMILES string of the molecule is Cc1cc(Br)c(NC(=O)COC(=O)Cc2ccccc2C)c(Br)c1. The van der Waals surface area contributed by atoms with E-state index in [2.05, 4.69) is 37.2 Å². The Kier molecular flexibility index (Phi) is 6.57. The number of hydrogen-bond acceptors (Lipinski definition) is 3. The van der Waals surface area contributed by atoms with Crippen LogP contribution in [-0.2, 0) is 20.7 Å². The van der Waals surface area contributed by atoms with Crippen LogP contribution >= 0.6 is 31.9 Å². The summed E-state index contributed by atoms with van der Waals surface area (Å²) in [7, 11) is 0. The fourth-order valence-corrected chi connectivity index (χ4v) is 3.77. The van der Waals surface area contributed by atoms with Gasteiger partial charge in [-0.15, -0.1) is 0 Å². The maximum Gasteiger partial charge on any atom is 0.310 e. The average molecular weight is 455 g/mol. The minimum Gasteiger partial charge on any atom is -0.455 e. The zero-order valence-corrected chi connectivity index (χ0v) is 16.5. The van der Waals surface area contributed by atoms with Gasteiger partial charge in [0.2, 0.25) is 0 Å². The summed E-state index contributed by atoms with van der Waals surface area (Å²) in [5.41, 5.74) is 3.58. The van der Waals surface area contributed by atoms with E-state index in [4.69, 9.17) is 4.74 Å². The first-order valence-electron chi connectivity index (χ1n) is 7.32. The van der Waals surface area contributed by atoms with Gasteiger partial charge in [0.05, 0.1) is 12.1 Å². The zero-order chi connectivity index (χ0) is 17.7. The van der Waals surface area contributed by atoms with E-state index in [0.29, 0.717) is 5.69 Å². The first kappa shape index (κ1) is 18.7. The number of amides is 1. The molecule has 2 rings (SSSR count). The molecule has 0 bridgehead atoms. The van der Waals surface area contributed by atoms with Crippen LogP contribution in [0.1, 0.15) is 16.7 Å². The molecular formula is C18H17Br2NO3. The number of hydrogen-bond donors (Lipinski definition) is 1. The fraction of sp³-hybridized carbons (Fsp3) is 0.222. The van der Waals surface area contributed by atoms with Gasteiger partial charge in [-0.1, -0.05) is 24.3 Å². The lowest BCUT2D eigenvalue weighted by Crippen LogP contribution is -2.22. The molecule has 1 N–H and O–H groups in total. The van der Waals surface area contributed by atoms with Gasteiger partial charge in [0, 0.05) is 8.95 Å². The molecule has 0 fully saturated rings. The molecule has 0 aliphatic carbocycles. The van der Waals surface area contributed by atoms with Gasteiger partial charge in [0.1, 0.15) is 0 Å². The van der Waals surface area contributed by atoms with Crippen LogP contribution in [0.2, 0.25) is 0 Å². The monoisotopic (exact) mass is 453 g/mol. The summed E-state index contributed by atoms with van der Waals surface area (Å²) in [5.74, 6) is -0.820.